The summed E-state index contributed by atoms with van der Waals surface area (Å²) in [6.07, 6.45) is 0. The van der Waals surface area contributed by atoms with Crippen LogP contribution in [0.1, 0.15) is 29.7 Å². The van der Waals surface area contributed by atoms with Gasteiger partial charge >= 0.3 is 0 Å². The summed E-state index contributed by atoms with van der Waals surface area (Å²) in [4.78, 5) is 0. The zero-order chi connectivity index (χ0) is 15.9. The smallest absolute Gasteiger partial charge is 0.123 e. The second-order valence-corrected chi connectivity index (χ2v) is 5.19. The third-order valence-electron chi connectivity index (χ3n) is 3.72. The van der Waals surface area contributed by atoms with Gasteiger partial charge < -0.3 is 19.9 Å². The van der Waals surface area contributed by atoms with Crippen LogP contribution in [0.25, 0.3) is 0 Å². The minimum absolute atomic E-state index is 0.0745. The van der Waals surface area contributed by atoms with Gasteiger partial charge in [0.2, 0.25) is 0 Å². The Balaban J connectivity index is 2.06. The molecule has 0 bridgehead atoms. The van der Waals surface area contributed by atoms with E-state index in [2.05, 4.69) is 12.2 Å². The third-order valence-corrected chi connectivity index (χ3v) is 3.72. The van der Waals surface area contributed by atoms with Gasteiger partial charge in [-0.05, 0) is 36.2 Å². The lowest BCUT2D eigenvalue weighted by atomic mass is 10.1. The largest absolute Gasteiger partial charge is 0.497 e. The number of aliphatic hydroxyl groups is 1. The molecule has 1 unspecified atom stereocenters. The van der Waals surface area contributed by atoms with Crippen LogP contribution in [-0.4, -0.2) is 19.3 Å². The Labute approximate surface area is 131 Å². The number of methoxy groups -OCH3 is 2. The molecule has 2 rings (SSSR count). The molecule has 22 heavy (non-hydrogen) atoms. The molecule has 0 aliphatic rings. The second-order valence-electron chi connectivity index (χ2n) is 5.19. The van der Waals surface area contributed by atoms with Crippen molar-refractivity contribution in [1.29, 1.82) is 0 Å². The van der Waals surface area contributed by atoms with Gasteiger partial charge in [0.15, 0.2) is 0 Å². The van der Waals surface area contributed by atoms with Crippen LogP contribution in [0.5, 0.6) is 11.5 Å². The monoisotopic (exact) mass is 301 g/mol. The quantitative estimate of drug-likeness (QED) is 0.825. The Bertz CT molecular complexity index is 596. The molecule has 0 aliphatic carbocycles. The summed E-state index contributed by atoms with van der Waals surface area (Å²) in [5, 5.41) is 12.5. The Hall–Kier alpha value is -2.04. The Morgan fingerprint density at radius 3 is 2.27 bits per heavy atom. The standard InChI is InChI=1S/C18H23NO3/c1-13(17-10-16(21-2)8-9-18(17)22-3)19-11-14-4-6-15(12-20)7-5-14/h4-10,13,19-20H,11-12H2,1-3H3. The summed E-state index contributed by atoms with van der Waals surface area (Å²) < 4.78 is 10.7. The third kappa shape index (κ3) is 4.00. The van der Waals surface area contributed by atoms with Gasteiger partial charge in [0.05, 0.1) is 20.8 Å². The molecule has 0 aliphatic heterocycles. The van der Waals surface area contributed by atoms with Crippen molar-refractivity contribution < 1.29 is 14.6 Å². The summed E-state index contributed by atoms with van der Waals surface area (Å²) in [6.45, 7) is 2.91. The van der Waals surface area contributed by atoms with Gasteiger partial charge in [-0.15, -0.1) is 0 Å². The number of ether oxygens (including phenoxy) is 2. The first kappa shape index (κ1) is 16.3. The van der Waals surface area contributed by atoms with Gasteiger partial charge in [-0.2, -0.15) is 0 Å². The molecule has 118 valence electrons. The molecular formula is C18H23NO3. The molecule has 4 nitrogen and oxygen atoms in total. The number of rotatable bonds is 7. The zero-order valence-corrected chi connectivity index (χ0v) is 13.3. The molecule has 0 saturated carbocycles. The van der Waals surface area contributed by atoms with E-state index in [1.54, 1.807) is 14.2 Å². The van der Waals surface area contributed by atoms with Crippen LogP contribution in [-0.2, 0) is 13.2 Å². The summed E-state index contributed by atoms with van der Waals surface area (Å²) >= 11 is 0. The molecule has 0 saturated heterocycles. The van der Waals surface area contributed by atoms with Crippen molar-refractivity contribution in [3.63, 3.8) is 0 Å². The predicted molar refractivity (Wildman–Crippen MR) is 87.2 cm³/mol. The minimum atomic E-state index is 0.0745. The molecule has 4 heteroatoms. The van der Waals surface area contributed by atoms with Gasteiger partial charge in [0, 0.05) is 18.2 Å². The summed E-state index contributed by atoms with van der Waals surface area (Å²) in [5.74, 6) is 1.66. The van der Waals surface area contributed by atoms with Crippen LogP contribution in [0.3, 0.4) is 0 Å². The van der Waals surface area contributed by atoms with Gasteiger partial charge in [-0.25, -0.2) is 0 Å². The maximum Gasteiger partial charge on any atom is 0.123 e. The fourth-order valence-electron chi connectivity index (χ4n) is 2.32. The van der Waals surface area contributed by atoms with E-state index in [0.717, 1.165) is 29.2 Å². The van der Waals surface area contributed by atoms with Crippen LogP contribution in [0.2, 0.25) is 0 Å². The molecule has 0 fully saturated rings. The zero-order valence-electron chi connectivity index (χ0n) is 13.3. The lowest BCUT2D eigenvalue weighted by Gasteiger charge is -2.18. The normalized spacial score (nSPS) is 12.0. The van der Waals surface area contributed by atoms with Gasteiger partial charge in [0.1, 0.15) is 11.5 Å². The lowest BCUT2D eigenvalue weighted by Crippen LogP contribution is -2.18. The Kier molecular flexibility index (Phi) is 5.81. The molecule has 0 heterocycles. The number of hydrogen-bond acceptors (Lipinski definition) is 4. The van der Waals surface area contributed by atoms with Crippen molar-refractivity contribution >= 4 is 0 Å². The van der Waals surface area contributed by atoms with Crippen molar-refractivity contribution in [1.82, 2.24) is 5.32 Å². The van der Waals surface area contributed by atoms with E-state index in [1.807, 2.05) is 42.5 Å². The van der Waals surface area contributed by atoms with Crippen LogP contribution in [0.4, 0.5) is 0 Å². The van der Waals surface area contributed by atoms with Crippen LogP contribution >= 0.6 is 0 Å². The summed E-state index contributed by atoms with van der Waals surface area (Å²) in [7, 11) is 3.33. The fraction of sp³-hybridized carbons (Fsp3) is 0.333. The highest BCUT2D eigenvalue weighted by Gasteiger charge is 2.12. The van der Waals surface area contributed by atoms with Crippen molar-refractivity contribution in [3.05, 3.63) is 59.2 Å². The first-order valence-corrected chi connectivity index (χ1v) is 7.32. The van der Waals surface area contributed by atoms with Gasteiger partial charge in [0.25, 0.3) is 0 Å². The first-order chi connectivity index (χ1) is 10.7. The van der Waals surface area contributed by atoms with Crippen LogP contribution < -0.4 is 14.8 Å². The number of hydrogen-bond donors (Lipinski definition) is 2. The van der Waals surface area contributed by atoms with E-state index in [-0.39, 0.29) is 12.6 Å². The maximum absolute atomic E-state index is 9.06. The van der Waals surface area contributed by atoms with Crippen LogP contribution in [0.15, 0.2) is 42.5 Å². The summed E-state index contributed by atoms with van der Waals surface area (Å²) in [6, 6.07) is 13.8. The van der Waals surface area contributed by atoms with Crippen molar-refractivity contribution in [2.45, 2.75) is 26.1 Å². The second kappa shape index (κ2) is 7.82. The minimum Gasteiger partial charge on any atom is -0.497 e. The average molecular weight is 301 g/mol. The average Bonchev–Trinajstić information content (AvgIpc) is 2.59. The van der Waals surface area contributed by atoms with Crippen molar-refractivity contribution in [2.75, 3.05) is 14.2 Å². The van der Waals surface area contributed by atoms with Gasteiger partial charge in [-0.1, -0.05) is 24.3 Å². The first-order valence-electron chi connectivity index (χ1n) is 7.32. The van der Waals surface area contributed by atoms with E-state index in [4.69, 9.17) is 14.6 Å². The van der Waals surface area contributed by atoms with E-state index in [9.17, 15) is 0 Å². The van der Waals surface area contributed by atoms with Crippen molar-refractivity contribution in [2.24, 2.45) is 0 Å². The summed E-state index contributed by atoms with van der Waals surface area (Å²) in [5.41, 5.74) is 3.16. The van der Waals surface area contributed by atoms with E-state index in [0.29, 0.717) is 0 Å². The van der Waals surface area contributed by atoms with E-state index < -0.39 is 0 Å². The fourth-order valence-corrected chi connectivity index (χ4v) is 2.32. The molecule has 2 aromatic carbocycles. The number of aliphatic hydroxyl groups excluding tert-OH is 1. The molecule has 1 atom stereocenters. The highest BCUT2D eigenvalue weighted by molar-refractivity contribution is 5.42. The molecule has 0 amide bonds. The molecule has 2 N–H and O–H groups in total. The highest BCUT2D eigenvalue weighted by atomic mass is 16.5. The van der Waals surface area contributed by atoms with Gasteiger partial charge in [-0.3, -0.25) is 0 Å². The van der Waals surface area contributed by atoms with Crippen molar-refractivity contribution in [3.8, 4) is 11.5 Å². The predicted octanol–water partition coefficient (Wildman–Crippen LogP) is 3.05. The molecule has 2 aromatic rings. The lowest BCUT2D eigenvalue weighted by molar-refractivity contribution is 0.282. The van der Waals surface area contributed by atoms with Crippen LogP contribution in [0, 0.1) is 0 Å². The Morgan fingerprint density at radius 2 is 1.68 bits per heavy atom. The maximum atomic E-state index is 9.06. The van der Waals surface area contributed by atoms with E-state index >= 15 is 0 Å². The SMILES string of the molecule is COc1ccc(OC)c(C(C)NCc2ccc(CO)cc2)c1. The van der Waals surface area contributed by atoms with E-state index in [1.165, 1.54) is 5.56 Å². The molecule has 0 aromatic heterocycles. The number of nitrogens with one attached hydrogen (secondary N) is 1. The Morgan fingerprint density at radius 1 is 1.00 bits per heavy atom. The molecule has 0 radical (unpaired) electrons. The highest BCUT2D eigenvalue weighted by Crippen LogP contribution is 2.29. The molecule has 0 spiro atoms. The topological polar surface area (TPSA) is 50.7 Å². The number of benzene rings is 2. The molecular weight excluding hydrogens is 278 g/mol.